The van der Waals surface area contributed by atoms with Gasteiger partial charge in [-0.15, -0.1) is 11.8 Å². The average Bonchev–Trinajstić information content (AvgIpc) is 2.36. The summed E-state index contributed by atoms with van der Waals surface area (Å²) >= 11 is 1.70. The number of aryl methyl sites for hydroxylation is 2. The number of benzene rings is 2. The molecule has 0 unspecified atom stereocenters. The fraction of sp³-hybridized carbons (Fsp3) is 0.133. The van der Waals surface area contributed by atoms with Gasteiger partial charge in [0.05, 0.1) is 0 Å². The van der Waals surface area contributed by atoms with Crippen LogP contribution in [-0.2, 0) is 4.79 Å². The van der Waals surface area contributed by atoms with Gasteiger partial charge in [0.25, 0.3) is 0 Å². The summed E-state index contributed by atoms with van der Waals surface area (Å²) in [6, 6.07) is 12.3. The number of carbonyl (C=O) groups excluding carboxylic acids is 1. The van der Waals surface area contributed by atoms with Gasteiger partial charge in [-0.1, -0.05) is 47.5 Å². The molecular weight excluding hydrogens is 509 g/mol. The molecule has 0 aromatic heterocycles. The van der Waals surface area contributed by atoms with Crippen molar-refractivity contribution in [2.45, 2.75) is 23.6 Å². The van der Waals surface area contributed by atoms with Crippen LogP contribution in [0, 0.1) is 13.8 Å². The Bertz CT molecular complexity index is 591. The van der Waals surface area contributed by atoms with E-state index in [9.17, 15) is 4.79 Å². The fourth-order valence-electron chi connectivity index (χ4n) is 2.12. The number of hydrogen-bond donors (Lipinski definition) is 0. The van der Waals surface area contributed by atoms with Crippen LogP contribution in [0.3, 0.4) is 0 Å². The Kier molecular flexibility index (Phi) is 3.01. The maximum Gasteiger partial charge on any atom is 0.149 e. The first-order valence-corrected chi connectivity index (χ1v) is 6.58. The molecule has 0 radical (unpaired) electrons. The predicted octanol–water partition coefficient (Wildman–Crippen LogP) is 3.97. The summed E-state index contributed by atoms with van der Waals surface area (Å²) < 4.78 is 0. The SMILES string of the molecule is Cc1ccc2c(c1)N([C-]=O)c1cc(C)ccc1S2.[Rf]. The fourth-order valence-corrected chi connectivity index (χ4v) is 3.14. The minimum Gasteiger partial charge on any atom is -0.442 e. The van der Waals surface area contributed by atoms with Gasteiger partial charge in [-0.3, -0.25) is 0 Å². The molecule has 2 aromatic carbocycles. The van der Waals surface area contributed by atoms with Gasteiger partial charge in [-0.05, 0) is 35.0 Å². The molecule has 1 heterocycles. The van der Waals surface area contributed by atoms with E-state index >= 15 is 0 Å². The van der Waals surface area contributed by atoms with Crippen molar-refractivity contribution in [3.63, 3.8) is 0 Å². The average molecular weight is 521 g/mol. The second-order valence-corrected chi connectivity index (χ2v) is 5.55. The quantitative estimate of drug-likeness (QED) is 0.530. The molecule has 1 amide bonds. The van der Waals surface area contributed by atoms with Crippen molar-refractivity contribution >= 4 is 29.5 Å². The smallest absolute Gasteiger partial charge is 0.149 e. The van der Waals surface area contributed by atoms with Crippen molar-refractivity contribution in [1.29, 1.82) is 0 Å². The van der Waals surface area contributed by atoms with Crippen LogP contribution in [0.5, 0.6) is 0 Å². The Morgan fingerprint density at radius 3 is 1.84 bits per heavy atom. The summed E-state index contributed by atoms with van der Waals surface area (Å²) in [4.78, 5) is 15.1. The zero-order valence-corrected chi connectivity index (χ0v) is 18.2. The maximum atomic E-state index is 11.3. The molecule has 2 nitrogen and oxygen atoms in total. The van der Waals surface area contributed by atoms with Crippen molar-refractivity contribution < 1.29 is 4.79 Å². The van der Waals surface area contributed by atoms with Crippen molar-refractivity contribution in [2.75, 3.05) is 4.90 Å². The van der Waals surface area contributed by atoms with Crippen LogP contribution in [-0.4, -0.2) is 6.41 Å². The number of rotatable bonds is 1. The summed E-state index contributed by atoms with van der Waals surface area (Å²) in [7, 11) is 0. The molecule has 0 saturated carbocycles. The van der Waals surface area contributed by atoms with Crippen LogP contribution >= 0.6 is 11.8 Å². The van der Waals surface area contributed by atoms with Crippen molar-refractivity contribution in [3.8, 4) is 0 Å². The van der Waals surface area contributed by atoms with E-state index in [2.05, 4.69) is 24.3 Å². The van der Waals surface area contributed by atoms with Crippen LogP contribution in [0.4, 0.5) is 11.4 Å². The number of hydrogen-bond acceptors (Lipinski definition) is 2. The van der Waals surface area contributed by atoms with E-state index in [0.717, 1.165) is 32.3 Å². The summed E-state index contributed by atoms with van der Waals surface area (Å²) in [6.07, 6.45) is 2.04. The Hall–Kier alpha value is -2.74. The molecule has 2 aromatic rings. The Labute approximate surface area is 111 Å². The molecule has 0 atom stereocenters. The predicted molar refractivity (Wildman–Crippen MR) is 74.3 cm³/mol. The normalized spacial score (nSPS) is 12.2. The number of amides is 1. The van der Waals surface area contributed by atoms with E-state index in [4.69, 9.17) is 0 Å². The molecule has 4 heteroatoms. The molecule has 19 heavy (non-hydrogen) atoms. The van der Waals surface area contributed by atoms with E-state index < -0.39 is 0 Å². The molecule has 0 spiro atoms. The Morgan fingerprint density at radius 2 is 1.42 bits per heavy atom. The van der Waals surface area contributed by atoms with E-state index in [1.54, 1.807) is 16.7 Å². The first-order valence-electron chi connectivity index (χ1n) is 5.76. The summed E-state index contributed by atoms with van der Waals surface area (Å²) in [6.45, 7) is 4.05. The van der Waals surface area contributed by atoms with Crippen molar-refractivity contribution in [3.05, 3.63) is 47.5 Å². The van der Waals surface area contributed by atoms with Crippen LogP contribution in [0.25, 0.3) is 0 Å². The van der Waals surface area contributed by atoms with Crippen molar-refractivity contribution in [2.24, 2.45) is 0 Å². The third-order valence-electron chi connectivity index (χ3n) is 3.02. The van der Waals surface area contributed by atoms with Gasteiger partial charge in [0.15, 0.2) is 0 Å². The molecule has 92 valence electrons. The maximum absolute atomic E-state index is 11.3. The van der Waals surface area contributed by atoms with Gasteiger partial charge >= 0.3 is 0 Å². The van der Waals surface area contributed by atoms with Gasteiger partial charge in [0.2, 0.25) is 0 Å². The van der Waals surface area contributed by atoms with E-state index in [0.29, 0.717) is 0 Å². The zero-order valence-electron chi connectivity index (χ0n) is 10.9. The summed E-state index contributed by atoms with van der Waals surface area (Å²) in [5, 5.41) is 0. The second-order valence-electron chi connectivity index (χ2n) is 4.47. The third-order valence-corrected chi connectivity index (χ3v) is 4.15. The summed E-state index contributed by atoms with van der Waals surface area (Å²) in [5.41, 5.74) is 4.14. The number of anilines is 2. The first-order chi connectivity index (χ1) is 8.69. The zero-order chi connectivity index (χ0) is 12.7. The standard InChI is InChI=1S/C15H12NOS.Rf/c1-10-3-5-14-12(7-10)16(9-17)13-8-11(2)4-6-15(13)18-14;/h3-8H,1-2H3;/q-1;. The molecule has 0 saturated heterocycles. The third kappa shape index (κ3) is 1.93. The van der Waals surface area contributed by atoms with Gasteiger partial charge in [0, 0.05) is 0 Å². The van der Waals surface area contributed by atoms with Gasteiger partial charge in [-0.2, -0.15) is 0 Å². The number of nitrogens with zero attached hydrogens (tertiary/aromatic N) is 1. The molecule has 1 aliphatic heterocycles. The molecule has 0 N–H and O–H groups in total. The second kappa shape index (κ2) is 4.50. The van der Waals surface area contributed by atoms with Crippen LogP contribution in [0.2, 0.25) is 0 Å². The van der Waals surface area contributed by atoms with Crippen LogP contribution in [0.15, 0.2) is 46.2 Å². The van der Waals surface area contributed by atoms with E-state index in [1.807, 2.05) is 32.4 Å². The minimum atomic E-state index is 0. The molecule has 0 fully saturated rings. The van der Waals surface area contributed by atoms with E-state index in [1.165, 1.54) is 0 Å². The largest absolute Gasteiger partial charge is 0.442 e. The van der Waals surface area contributed by atoms with Gasteiger partial charge in [0.1, 0.15) is 6.41 Å². The molecule has 0 bridgehead atoms. The van der Waals surface area contributed by atoms with Crippen molar-refractivity contribution in [1.82, 2.24) is 0 Å². The molecule has 3 rings (SSSR count). The monoisotopic (exact) mass is 521 g/mol. The Morgan fingerprint density at radius 1 is 0.947 bits per heavy atom. The molecule has 0 aliphatic carbocycles. The Balaban J connectivity index is 0.00000133. The van der Waals surface area contributed by atoms with Gasteiger partial charge < -0.3 is 9.69 Å². The topological polar surface area (TPSA) is 20.3 Å². The first kappa shape index (κ1) is 12.7. The molecule has 1 aliphatic rings. The van der Waals surface area contributed by atoms with Crippen LogP contribution in [0.1, 0.15) is 11.1 Å². The number of fused-ring (bicyclic) bond motifs is 2. The van der Waals surface area contributed by atoms with Crippen LogP contribution < -0.4 is 4.90 Å². The van der Waals surface area contributed by atoms with Gasteiger partial charge in [-0.25, -0.2) is 0 Å². The minimum absolute atomic E-state index is 0. The molecular formula is C15H12NORfS-. The van der Waals surface area contributed by atoms with E-state index in [-0.39, 0.29) is 0 Å². The summed E-state index contributed by atoms with van der Waals surface area (Å²) in [5.74, 6) is 0.